The van der Waals surface area contributed by atoms with Crippen LogP contribution in [0.15, 0.2) is 35.8 Å². The Bertz CT molecular complexity index is 633. The maximum Gasteiger partial charge on any atom is 0.294 e. The zero-order valence-electron chi connectivity index (χ0n) is 10.8. The number of ketones is 2. The van der Waals surface area contributed by atoms with Crippen LogP contribution < -0.4 is 5.32 Å². The van der Waals surface area contributed by atoms with E-state index in [0.29, 0.717) is 10.7 Å². The fourth-order valence-corrected chi connectivity index (χ4v) is 2.04. The average Bonchev–Trinajstić information content (AvgIpc) is 2.92. The van der Waals surface area contributed by atoms with Crippen molar-refractivity contribution in [2.45, 2.75) is 13.3 Å². The Kier molecular flexibility index (Phi) is 4.37. The van der Waals surface area contributed by atoms with Gasteiger partial charge in [-0.3, -0.25) is 19.7 Å². The normalized spacial score (nSPS) is 10.1. The maximum absolute atomic E-state index is 11.9. The number of carbonyl (C=O) groups is 3. The molecule has 1 amide bonds. The minimum Gasteiger partial charge on any atom is -0.295 e. The number of carbonyl (C=O) groups excluding carboxylic acids is 3. The van der Waals surface area contributed by atoms with Gasteiger partial charge in [-0.2, -0.15) is 0 Å². The Hall–Kier alpha value is -2.34. The molecule has 1 N–H and O–H groups in total. The van der Waals surface area contributed by atoms with Crippen LogP contribution >= 0.6 is 11.3 Å². The van der Waals surface area contributed by atoms with Crippen molar-refractivity contribution in [3.8, 4) is 0 Å². The molecule has 6 heteroatoms. The van der Waals surface area contributed by atoms with Gasteiger partial charge in [-0.15, -0.1) is 11.3 Å². The molecule has 5 nitrogen and oxygen atoms in total. The standard InChI is InChI=1S/C14H12N2O3S/c1-9-2-4-10(5-3-9)11(17)8-12(18)13(19)16-14-15-6-7-20-14/h2-7H,8H2,1H3,(H,15,16,19). The minimum absolute atomic E-state index is 0.339. The SMILES string of the molecule is Cc1ccc(C(=O)CC(=O)C(=O)Nc2nccs2)cc1. The third-order valence-corrected chi connectivity index (χ3v) is 3.29. The van der Waals surface area contributed by atoms with E-state index in [2.05, 4.69) is 10.3 Å². The van der Waals surface area contributed by atoms with Crippen LogP contribution in [0.25, 0.3) is 0 Å². The van der Waals surface area contributed by atoms with E-state index in [0.717, 1.165) is 5.56 Å². The van der Waals surface area contributed by atoms with Crippen LogP contribution in [0.4, 0.5) is 5.13 Å². The van der Waals surface area contributed by atoms with E-state index in [1.165, 1.54) is 17.5 Å². The molecule has 2 rings (SSSR count). The number of nitrogens with zero attached hydrogens (tertiary/aromatic N) is 1. The number of Topliss-reactive ketones (excluding diaryl/α,β-unsaturated/α-hetero) is 2. The molecule has 1 aromatic heterocycles. The van der Waals surface area contributed by atoms with Crippen molar-refractivity contribution in [3.63, 3.8) is 0 Å². The first-order valence-electron chi connectivity index (χ1n) is 5.90. The van der Waals surface area contributed by atoms with Crippen LogP contribution in [0.3, 0.4) is 0 Å². The Morgan fingerprint density at radius 3 is 2.50 bits per heavy atom. The van der Waals surface area contributed by atoms with Gasteiger partial charge >= 0.3 is 0 Å². The third-order valence-electron chi connectivity index (χ3n) is 2.60. The molecule has 0 radical (unpaired) electrons. The van der Waals surface area contributed by atoms with Gasteiger partial charge in [0.2, 0.25) is 5.78 Å². The molecule has 102 valence electrons. The second-order valence-corrected chi connectivity index (χ2v) is 5.08. The number of aryl methyl sites for hydroxylation is 1. The first kappa shape index (κ1) is 14.1. The molecular formula is C14H12N2O3S. The van der Waals surface area contributed by atoms with E-state index in [-0.39, 0.29) is 5.78 Å². The van der Waals surface area contributed by atoms with Gasteiger partial charge in [0.05, 0.1) is 6.42 Å². The van der Waals surface area contributed by atoms with Crippen molar-refractivity contribution in [2.75, 3.05) is 5.32 Å². The molecule has 0 saturated heterocycles. The van der Waals surface area contributed by atoms with Gasteiger partial charge in [0.15, 0.2) is 10.9 Å². The molecule has 1 aromatic carbocycles. The summed E-state index contributed by atoms with van der Waals surface area (Å²) in [5.41, 5.74) is 1.44. The quantitative estimate of drug-likeness (QED) is 0.520. The smallest absolute Gasteiger partial charge is 0.294 e. The van der Waals surface area contributed by atoms with Gasteiger partial charge in [-0.1, -0.05) is 29.8 Å². The van der Waals surface area contributed by atoms with Gasteiger partial charge in [-0.05, 0) is 6.92 Å². The first-order valence-corrected chi connectivity index (χ1v) is 6.78. The Morgan fingerprint density at radius 2 is 1.90 bits per heavy atom. The predicted octanol–water partition coefficient (Wildman–Crippen LogP) is 2.23. The number of hydrogen-bond donors (Lipinski definition) is 1. The van der Waals surface area contributed by atoms with Gasteiger partial charge in [0, 0.05) is 17.1 Å². The molecule has 0 aliphatic carbocycles. The Labute approximate surface area is 119 Å². The van der Waals surface area contributed by atoms with Crippen LogP contribution in [0.5, 0.6) is 0 Å². The van der Waals surface area contributed by atoms with Crippen molar-refractivity contribution in [2.24, 2.45) is 0 Å². The van der Waals surface area contributed by atoms with E-state index in [4.69, 9.17) is 0 Å². The van der Waals surface area contributed by atoms with E-state index in [1.807, 2.05) is 6.92 Å². The molecular weight excluding hydrogens is 276 g/mol. The lowest BCUT2D eigenvalue weighted by molar-refractivity contribution is -0.134. The van der Waals surface area contributed by atoms with E-state index < -0.39 is 18.1 Å². The summed E-state index contributed by atoms with van der Waals surface area (Å²) in [4.78, 5) is 38.9. The number of nitrogens with one attached hydrogen (secondary N) is 1. The summed E-state index contributed by atoms with van der Waals surface area (Å²) in [5, 5.41) is 4.37. The number of amides is 1. The Balaban J connectivity index is 1.95. The average molecular weight is 288 g/mol. The lowest BCUT2D eigenvalue weighted by Gasteiger charge is -2.02. The van der Waals surface area contributed by atoms with Crippen molar-refractivity contribution in [3.05, 3.63) is 47.0 Å². The summed E-state index contributed by atoms with van der Waals surface area (Å²) < 4.78 is 0. The molecule has 0 unspecified atom stereocenters. The van der Waals surface area contributed by atoms with Crippen molar-refractivity contribution in [1.29, 1.82) is 0 Å². The van der Waals surface area contributed by atoms with Crippen LogP contribution in [0.1, 0.15) is 22.3 Å². The Morgan fingerprint density at radius 1 is 1.20 bits per heavy atom. The molecule has 20 heavy (non-hydrogen) atoms. The summed E-state index contributed by atoms with van der Waals surface area (Å²) in [6, 6.07) is 6.86. The van der Waals surface area contributed by atoms with E-state index in [9.17, 15) is 14.4 Å². The highest BCUT2D eigenvalue weighted by Crippen LogP contribution is 2.11. The highest BCUT2D eigenvalue weighted by atomic mass is 32.1. The molecule has 0 aliphatic rings. The topological polar surface area (TPSA) is 76.1 Å². The maximum atomic E-state index is 11.9. The van der Waals surface area contributed by atoms with Crippen LogP contribution in [-0.2, 0) is 9.59 Å². The van der Waals surface area contributed by atoms with Crippen LogP contribution in [-0.4, -0.2) is 22.5 Å². The molecule has 0 spiro atoms. The first-order chi connectivity index (χ1) is 9.56. The number of rotatable bonds is 5. The second-order valence-electron chi connectivity index (χ2n) is 4.18. The zero-order valence-corrected chi connectivity index (χ0v) is 11.6. The number of thiazole rings is 1. The van der Waals surface area contributed by atoms with Gasteiger partial charge in [-0.25, -0.2) is 4.98 Å². The minimum atomic E-state index is -0.819. The number of benzene rings is 1. The van der Waals surface area contributed by atoms with E-state index >= 15 is 0 Å². The molecule has 0 saturated carbocycles. The van der Waals surface area contributed by atoms with Crippen molar-refractivity contribution >= 4 is 33.9 Å². The second kappa shape index (κ2) is 6.21. The van der Waals surface area contributed by atoms with Gasteiger partial charge in [0.1, 0.15) is 0 Å². The van der Waals surface area contributed by atoms with E-state index in [1.54, 1.807) is 29.6 Å². The molecule has 1 heterocycles. The third kappa shape index (κ3) is 3.58. The lowest BCUT2D eigenvalue weighted by Crippen LogP contribution is -2.25. The van der Waals surface area contributed by atoms with Gasteiger partial charge in [0.25, 0.3) is 5.91 Å². The fraction of sp³-hybridized carbons (Fsp3) is 0.143. The highest BCUT2D eigenvalue weighted by molar-refractivity contribution is 7.13. The summed E-state index contributed by atoms with van der Waals surface area (Å²) in [5.74, 6) is -1.96. The molecule has 0 fully saturated rings. The summed E-state index contributed by atoms with van der Waals surface area (Å²) in [6.07, 6.45) is 1.07. The predicted molar refractivity (Wildman–Crippen MR) is 75.9 cm³/mol. The molecule has 0 bridgehead atoms. The molecule has 2 aromatic rings. The number of hydrogen-bond acceptors (Lipinski definition) is 5. The van der Waals surface area contributed by atoms with Gasteiger partial charge < -0.3 is 0 Å². The highest BCUT2D eigenvalue weighted by Gasteiger charge is 2.19. The monoisotopic (exact) mass is 288 g/mol. The van der Waals surface area contributed by atoms with Crippen LogP contribution in [0.2, 0.25) is 0 Å². The number of aromatic nitrogens is 1. The molecule has 0 atom stereocenters. The van der Waals surface area contributed by atoms with Crippen molar-refractivity contribution in [1.82, 2.24) is 4.98 Å². The number of anilines is 1. The largest absolute Gasteiger partial charge is 0.295 e. The summed E-state index contributed by atoms with van der Waals surface area (Å²) in [7, 11) is 0. The zero-order chi connectivity index (χ0) is 14.5. The summed E-state index contributed by atoms with van der Waals surface area (Å²) in [6.45, 7) is 1.90. The lowest BCUT2D eigenvalue weighted by atomic mass is 10.0. The fourth-order valence-electron chi connectivity index (χ4n) is 1.52. The summed E-state index contributed by atoms with van der Waals surface area (Å²) >= 11 is 1.21. The van der Waals surface area contributed by atoms with Crippen molar-refractivity contribution < 1.29 is 14.4 Å². The van der Waals surface area contributed by atoms with Crippen LogP contribution in [0, 0.1) is 6.92 Å². The molecule has 0 aliphatic heterocycles.